The van der Waals surface area contributed by atoms with Crippen LogP contribution < -0.4 is 20.9 Å². The van der Waals surface area contributed by atoms with E-state index in [0.29, 0.717) is 51.3 Å². The number of ether oxygens (including phenoxy) is 2. The lowest BCUT2D eigenvalue weighted by Gasteiger charge is -2.10. The summed E-state index contributed by atoms with van der Waals surface area (Å²) in [5.74, 6) is 0.297. The molecule has 0 fully saturated rings. The minimum Gasteiger partial charge on any atom is -0.489 e. The molecule has 0 heterocycles. The molecule has 0 radical (unpaired) electrons. The summed E-state index contributed by atoms with van der Waals surface area (Å²) in [5, 5.41) is 17.7. The highest BCUT2D eigenvalue weighted by molar-refractivity contribution is 5.36. The van der Waals surface area contributed by atoms with Crippen molar-refractivity contribution in [3.63, 3.8) is 0 Å². The maximum atomic E-state index is 14.6. The van der Waals surface area contributed by atoms with E-state index in [1.54, 1.807) is 72.8 Å². The predicted octanol–water partition coefficient (Wildman–Crippen LogP) is 5.32. The van der Waals surface area contributed by atoms with Crippen molar-refractivity contribution in [3.8, 4) is 23.6 Å². The zero-order chi connectivity index (χ0) is 27.3. The third-order valence-corrected chi connectivity index (χ3v) is 5.40. The molecule has 0 bridgehead atoms. The Labute approximate surface area is 220 Å². The third-order valence-electron chi connectivity index (χ3n) is 5.40. The quantitative estimate of drug-likeness (QED) is 0.309. The molecule has 4 N–H and O–H groups in total. The Balaban J connectivity index is 0.00000127. The van der Waals surface area contributed by atoms with Crippen LogP contribution in [-0.2, 0) is 19.6 Å². The van der Waals surface area contributed by atoms with Gasteiger partial charge < -0.3 is 20.9 Å². The van der Waals surface area contributed by atoms with E-state index in [4.69, 9.17) is 20.0 Å². The molecule has 0 aromatic heterocycles. The van der Waals surface area contributed by atoms with Gasteiger partial charge >= 0.3 is 0 Å². The van der Waals surface area contributed by atoms with E-state index in [1.165, 1.54) is 12.1 Å². The number of halogens is 2. The lowest BCUT2D eigenvalue weighted by Crippen LogP contribution is -2.08. The molecule has 0 saturated carbocycles. The fraction of sp³-hybridized carbons (Fsp3) is 0.133. The molecule has 38 heavy (non-hydrogen) atoms. The summed E-state index contributed by atoms with van der Waals surface area (Å²) >= 11 is 0. The van der Waals surface area contributed by atoms with Crippen LogP contribution in [0.1, 0.15) is 33.4 Å². The number of hydrogen-bond donors (Lipinski definition) is 2. The molecule has 0 atom stereocenters. The summed E-state index contributed by atoms with van der Waals surface area (Å²) in [7, 11) is 0. The standard InChI is InChI=1S/C29H20F2N2O2.CH6N2/c30-28-14-22(1-7-24(28)18-34-26-9-3-20(16-32)4-10-26)13-23-2-8-25(29(31)15-23)19-35-27-11-5-21(17-33)6-12-27;2-1-3/h1-12,14-15H,13,18-19H2;1-3H2. The molecule has 6 nitrogen and oxygen atoms in total. The van der Waals surface area contributed by atoms with Gasteiger partial charge in [0.25, 0.3) is 0 Å². The average Bonchev–Trinajstić information content (AvgIpc) is 2.93. The zero-order valence-electron chi connectivity index (χ0n) is 20.5. The molecule has 4 rings (SSSR count). The van der Waals surface area contributed by atoms with Crippen LogP contribution in [0.3, 0.4) is 0 Å². The first-order valence-corrected chi connectivity index (χ1v) is 11.7. The molecule has 192 valence electrons. The van der Waals surface area contributed by atoms with Crippen molar-refractivity contribution in [2.24, 2.45) is 11.5 Å². The van der Waals surface area contributed by atoms with Crippen LogP contribution in [-0.4, -0.2) is 6.67 Å². The van der Waals surface area contributed by atoms with E-state index in [-0.39, 0.29) is 19.9 Å². The maximum Gasteiger partial charge on any atom is 0.130 e. The van der Waals surface area contributed by atoms with Crippen LogP contribution in [0.15, 0.2) is 84.9 Å². The van der Waals surface area contributed by atoms with Gasteiger partial charge in [0.15, 0.2) is 0 Å². The van der Waals surface area contributed by atoms with Crippen LogP contribution in [0.2, 0.25) is 0 Å². The summed E-state index contributed by atoms with van der Waals surface area (Å²) < 4.78 is 40.4. The van der Waals surface area contributed by atoms with Crippen molar-refractivity contribution in [2.75, 3.05) is 6.67 Å². The van der Waals surface area contributed by atoms with E-state index in [2.05, 4.69) is 11.5 Å². The van der Waals surface area contributed by atoms with E-state index in [1.807, 2.05) is 12.1 Å². The molecule has 4 aromatic carbocycles. The van der Waals surface area contributed by atoms with Crippen molar-refractivity contribution >= 4 is 0 Å². The number of nitriles is 2. The van der Waals surface area contributed by atoms with Gasteiger partial charge in [-0.05, 0) is 78.2 Å². The summed E-state index contributed by atoms with van der Waals surface area (Å²) in [4.78, 5) is 0. The summed E-state index contributed by atoms with van der Waals surface area (Å²) in [6, 6.07) is 27.0. The number of rotatable bonds is 8. The molecule has 8 heteroatoms. The molecule has 0 unspecified atom stereocenters. The first-order chi connectivity index (χ1) is 18.4. The number of benzene rings is 4. The van der Waals surface area contributed by atoms with Crippen LogP contribution in [0.5, 0.6) is 11.5 Å². The first-order valence-electron chi connectivity index (χ1n) is 11.7. The van der Waals surface area contributed by atoms with Gasteiger partial charge in [-0.25, -0.2) is 8.78 Å². The fourth-order valence-corrected chi connectivity index (χ4v) is 3.44. The van der Waals surface area contributed by atoms with Crippen LogP contribution in [0.4, 0.5) is 8.78 Å². The molecule has 0 spiro atoms. The molecule has 0 saturated heterocycles. The SMILES string of the molecule is N#Cc1ccc(OCc2ccc(Cc3ccc(COc4ccc(C#N)cc4)c(F)c3)cc2F)cc1.NCN. The first kappa shape index (κ1) is 27.8. The second kappa shape index (κ2) is 14.1. The van der Waals surface area contributed by atoms with Gasteiger partial charge in [0.2, 0.25) is 0 Å². The number of nitrogens with zero attached hydrogens (tertiary/aromatic N) is 2. The minimum atomic E-state index is -0.399. The second-order valence-corrected chi connectivity index (χ2v) is 8.11. The van der Waals surface area contributed by atoms with Gasteiger partial charge in [0, 0.05) is 17.8 Å². The van der Waals surface area contributed by atoms with Crippen LogP contribution >= 0.6 is 0 Å². The topological polar surface area (TPSA) is 118 Å². The lowest BCUT2D eigenvalue weighted by atomic mass is 10.0. The zero-order valence-corrected chi connectivity index (χ0v) is 20.5. The highest BCUT2D eigenvalue weighted by atomic mass is 19.1. The smallest absolute Gasteiger partial charge is 0.130 e. The Morgan fingerprint density at radius 2 is 0.974 bits per heavy atom. The average molecular weight is 513 g/mol. The number of nitrogens with two attached hydrogens (primary N) is 2. The van der Waals surface area contributed by atoms with Crippen LogP contribution in [0.25, 0.3) is 0 Å². The van der Waals surface area contributed by atoms with Gasteiger partial charge in [0.1, 0.15) is 36.3 Å². The fourth-order valence-electron chi connectivity index (χ4n) is 3.44. The van der Waals surface area contributed by atoms with E-state index in [9.17, 15) is 8.78 Å². The third kappa shape index (κ3) is 8.14. The van der Waals surface area contributed by atoms with Gasteiger partial charge in [-0.3, -0.25) is 0 Å². The van der Waals surface area contributed by atoms with Crippen LogP contribution in [0, 0.1) is 34.3 Å². The Morgan fingerprint density at radius 1 is 0.605 bits per heavy atom. The molecular formula is C30H26F2N4O2. The lowest BCUT2D eigenvalue weighted by molar-refractivity contribution is 0.299. The molecule has 0 aliphatic carbocycles. The summed E-state index contributed by atoms with van der Waals surface area (Å²) in [6.07, 6.45) is 0.376. The second-order valence-electron chi connectivity index (χ2n) is 8.11. The van der Waals surface area contributed by atoms with Gasteiger partial charge in [-0.1, -0.05) is 24.3 Å². The van der Waals surface area contributed by atoms with E-state index >= 15 is 0 Å². The van der Waals surface area contributed by atoms with Crippen molar-refractivity contribution < 1.29 is 18.3 Å². The Kier molecular flexibility index (Phi) is 10.3. The molecule has 4 aromatic rings. The van der Waals surface area contributed by atoms with Crippen molar-refractivity contribution in [3.05, 3.63) is 130 Å². The molecule has 0 amide bonds. The normalized spacial score (nSPS) is 9.95. The largest absolute Gasteiger partial charge is 0.489 e. The van der Waals surface area contributed by atoms with Gasteiger partial charge in [-0.15, -0.1) is 0 Å². The molecular weight excluding hydrogens is 486 g/mol. The van der Waals surface area contributed by atoms with Crippen molar-refractivity contribution in [1.29, 1.82) is 10.5 Å². The van der Waals surface area contributed by atoms with Crippen molar-refractivity contribution in [2.45, 2.75) is 19.6 Å². The highest BCUT2D eigenvalue weighted by Gasteiger charge is 2.09. The number of hydrogen-bond acceptors (Lipinski definition) is 6. The molecule has 0 aliphatic rings. The maximum absolute atomic E-state index is 14.6. The van der Waals surface area contributed by atoms with Crippen molar-refractivity contribution in [1.82, 2.24) is 0 Å². The summed E-state index contributed by atoms with van der Waals surface area (Å²) in [6.45, 7) is 0.362. The van der Waals surface area contributed by atoms with Gasteiger partial charge in [-0.2, -0.15) is 10.5 Å². The van der Waals surface area contributed by atoms with Gasteiger partial charge in [0.05, 0.1) is 23.3 Å². The predicted molar refractivity (Wildman–Crippen MR) is 140 cm³/mol. The highest BCUT2D eigenvalue weighted by Crippen LogP contribution is 2.20. The van der Waals surface area contributed by atoms with E-state index < -0.39 is 11.6 Å². The Morgan fingerprint density at radius 3 is 1.29 bits per heavy atom. The monoisotopic (exact) mass is 512 g/mol. The molecule has 0 aliphatic heterocycles. The van der Waals surface area contributed by atoms with E-state index in [0.717, 1.165) is 0 Å². The minimum absolute atomic E-state index is 0.0561. The Hall–Kier alpha value is -4.76. The Bertz CT molecular complexity index is 1320. The summed E-state index contributed by atoms with van der Waals surface area (Å²) in [5.41, 5.74) is 12.5.